The molecule has 0 aliphatic carbocycles. The summed E-state index contributed by atoms with van der Waals surface area (Å²) in [5, 5.41) is 15.2. The fourth-order valence-corrected chi connectivity index (χ4v) is 5.52. The summed E-state index contributed by atoms with van der Waals surface area (Å²) in [6.07, 6.45) is 5.73. The molecule has 1 saturated heterocycles. The third kappa shape index (κ3) is 5.22. The van der Waals surface area contributed by atoms with E-state index >= 15 is 0 Å². The summed E-state index contributed by atoms with van der Waals surface area (Å²) in [4.78, 5) is 42.6. The molecular weight excluding hydrogens is 480 g/mol. The third-order valence-corrected chi connectivity index (χ3v) is 7.55. The van der Waals surface area contributed by atoms with E-state index in [2.05, 4.69) is 10.2 Å². The van der Waals surface area contributed by atoms with Gasteiger partial charge in [-0.05, 0) is 68.4 Å². The summed E-state index contributed by atoms with van der Waals surface area (Å²) >= 11 is 0. The number of amides is 3. The van der Waals surface area contributed by atoms with Gasteiger partial charge in [-0.15, -0.1) is 0 Å². The highest BCUT2D eigenvalue weighted by atomic mass is 16.3. The first-order chi connectivity index (χ1) is 18.4. The first-order valence-corrected chi connectivity index (χ1v) is 13.4. The number of para-hydroxylation sites is 2. The van der Waals surface area contributed by atoms with Crippen LogP contribution in [0.2, 0.25) is 0 Å². The Morgan fingerprint density at radius 1 is 0.921 bits per heavy atom. The number of carbonyl (C=O) groups is 3. The molecule has 0 bridgehead atoms. The molecule has 2 aliphatic rings. The number of carbonyl (C=O) groups excluding carboxylic acids is 3. The van der Waals surface area contributed by atoms with Crippen LogP contribution in [-0.4, -0.2) is 52.3 Å². The number of rotatable bonds is 9. The Morgan fingerprint density at radius 2 is 1.68 bits per heavy atom. The molecule has 3 aromatic carbocycles. The van der Waals surface area contributed by atoms with Crippen LogP contribution in [0.1, 0.15) is 71.2 Å². The maximum absolute atomic E-state index is 13.4. The Morgan fingerprint density at radius 3 is 2.47 bits per heavy atom. The summed E-state index contributed by atoms with van der Waals surface area (Å²) < 4.78 is 0. The number of hydrogen-bond donors (Lipinski definition) is 3. The van der Waals surface area contributed by atoms with Crippen molar-refractivity contribution in [1.82, 2.24) is 9.80 Å². The minimum absolute atomic E-state index is 0.0999. The summed E-state index contributed by atoms with van der Waals surface area (Å²) in [5.74, 6) is -0.705. The molecule has 2 aliphatic heterocycles. The minimum Gasteiger partial charge on any atom is -0.508 e. The van der Waals surface area contributed by atoms with Gasteiger partial charge in [-0.1, -0.05) is 37.1 Å². The number of piperidine rings is 1. The predicted molar refractivity (Wildman–Crippen MR) is 148 cm³/mol. The second-order valence-corrected chi connectivity index (χ2v) is 10.2. The van der Waals surface area contributed by atoms with Gasteiger partial charge in [-0.25, -0.2) is 0 Å². The van der Waals surface area contributed by atoms with Crippen LogP contribution >= 0.6 is 0 Å². The normalized spacial score (nSPS) is 15.7. The number of aromatic hydroxyl groups is 1. The number of phenolic OH excluding ortho intramolecular Hbond substituents is 1. The van der Waals surface area contributed by atoms with E-state index in [9.17, 15) is 19.5 Å². The van der Waals surface area contributed by atoms with Gasteiger partial charge in [0.05, 0.1) is 16.9 Å². The van der Waals surface area contributed by atoms with Crippen LogP contribution in [0.25, 0.3) is 10.8 Å². The van der Waals surface area contributed by atoms with Crippen LogP contribution in [-0.2, 0) is 11.3 Å². The Labute approximate surface area is 222 Å². The summed E-state index contributed by atoms with van der Waals surface area (Å²) in [6, 6.07) is 14.1. The maximum atomic E-state index is 13.4. The van der Waals surface area contributed by atoms with Gasteiger partial charge in [-0.2, -0.15) is 0 Å². The van der Waals surface area contributed by atoms with Crippen molar-refractivity contribution in [3.05, 3.63) is 65.2 Å². The van der Waals surface area contributed by atoms with E-state index < -0.39 is 0 Å². The van der Waals surface area contributed by atoms with Crippen LogP contribution in [0, 0.1) is 0 Å². The van der Waals surface area contributed by atoms with E-state index in [1.807, 2.05) is 24.3 Å². The molecule has 8 nitrogen and oxygen atoms in total. The van der Waals surface area contributed by atoms with Gasteiger partial charge >= 0.3 is 0 Å². The standard InChI is InChI=1S/C30H34N4O4/c31-24-12-4-5-13-25(24)32-27(36)14-3-1-8-17-34-29(37)21-11-9-10-20-23(19-33-15-6-2-7-16-33)26(35)18-22(28(20)21)30(34)38/h4-5,9-13,18,35H,1-3,6-8,14-17,19,31H2,(H,32,36). The molecule has 0 spiro atoms. The van der Waals surface area contributed by atoms with Gasteiger partial charge in [0.1, 0.15) is 5.75 Å². The highest BCUT2D eigenvalue weighted by molar-refractivity contribution is 6.26. The molecule has 5 rings (SSSR count). The Hall–Kier alpha value is -3.91. The molecule has 38 heavy (non-hydrogen) atoms. The predicted octanol–water partition coefficient (Wildman–Crippen LogP) is 4.91. The van der Waals surface area contributed by atoms with Gasteiger partial charge in [-0.3, -0.25) is 24.2 Å². The lowest BCUT2D eigenvalue weighted by molar-refractivity contribution is -0.116. The second-order valence-electron chi connectivity index (χ2n) is 10.2. The number of phenols is 1. The van der Waals surface area contributed by atoms with Gasteiger partial charge in [0.15, 0.2) is 0 Å². The van der Waals surface area contributed by atoms with Crippen molar-refractivity contribution < 1.29 is 19.5 Å². The van der Waals surface area contributed by atoms with Crippen LogP contribution < -0.4 is 11.1 Å². The lowest BCUT2D eigenvalue weighted by Gasteiger charge is -2.30. The highest BCUT2D eigenvalue weighted by Gasteiger charge is 2.34. The molecule has 0 unspecified atom stereocenters. The first-order valence-electron chi connectivity index (χ1n) is 13.4. The molecule has 2 heterocycles. The molecule has 0 saturated carbocycles. The molecular formula is C30H34N4O4. The number of imide groups is 1. The summed E-state index contributed by atoms with van der Waals surface area (Å²) in [7, 11) is 0. The molecule has 0 atom stereocenters. The van der Waals surface area contributed by atoms with Crippen LogP contribution in [0.4, 0.5) is 11.4 Å². The number of hydrogen-bond acceptors (Lipinski definition) is 6. The average Bonchev–Trinajstić information content (AvgIpc) is 2.92. The minimum atomic E-state index is -0.379. The zero-order valence-electron chi connectivity index (χ0n) is 21.5. The molecule has 198 valence electrons. The highest BCUT2D eigenvalue weighted by Crippen LogP contribution is 2.37. The lowest BCUT2D eigenvalue weighted by atomic mass is 9.90. The molecule has 0 aromatic heterocycles. The Balaban J connectivity index is 1.23. The zero-order chi connectivity index (χ0) is 26.6. The van der Waals surface area contributed by atoms with E-state index in [0.29, 0.717) is 60.1 Å². The van der Waals surface area contributed by atoms with E-state index in [1.165, 1.54) is 17.4 Å². The summed E-state index contributed by atoms with van der Waals surface area (Å²) in [5.41, 5.74) is 8.63. The average molecular weight is 515 g/mol. The second kappa shape index (κ2) is 11.2. The molecule has 3 amide bonds. The van der Waals surface area contributed by atoms with Crippen LogP contribution in [0.15, 0.2) is 48.5 Å². The van der Waals surface area contributed by atoms with Gasteiger partial charge < -0.3 is 16.2 Å². The number of nitrogens with one attached hydrogen (secondary N) is 1. The fourth-order valence-electron chi connectivity index (χ4n) is 5.52. The topological polar surface area (TPSA) is 116 Å². The largest absolute Gasteiger partial charge is 0.508 e. The summed E-state index contributed by atoms with van der Waals surface area (Å²) in [6.45, 7) is 2.83. The zero-order valence-corrected chi connectivity index (χ0v) is 21.5. The molecule has 1 fully saturated rings. The van der Waals surface area contributed by atoms with Crippen molar-refractivity contribution in [3.63, 3.8) is 0 Å². The van der Waals surface area contributed by atoms with Crippen molar-refractivity contribution in [2.75, 3.05) is 30.7 Å². The molecule has 4 N–H and O–H groups in total. The molecule has 8 heteroatoms. The van der Waals surface area contributed by atoms with Crippen molar-refractivity contribution in [1.29, 1.82) is 0 Å². The first kappa shape index (κ1) is 25.7. The van der Waals surface area contributed by atoms with Gasteiger partial charge in [0, 0.05) is 36.0 Å². The SMILES string of the molecule is Nc1ccccc1NC(=O)CCCCCN1C(=O)c2cccc3c(CN4CCCCC4)c(O)cc(c23)C1=O. The number of anilines is 2. The number of unbranched alkanes of at least 4 members (excludes halogenated alkanes) is 2. The van der Waals surface area contributed by atoms with Crippen molar-refractivity contribution in [2.45, 2.75) is 51.5 Å². The quantitative estimate of drug-likeness (QED) is 0.212. The van der Waals surface area contributed by atoms with Crippen molar-refractivity contribution in [2.24, 2.45) is 0 Å². The number of likely N-dealkylation sites (tertiary alicyclic amines) is 1. The van der Waals surface area contributed by atoms with E-state index in [0.717, 1.165) is 36.9 Å². The molecule has 0 radical (unpaired) electrons. The Bertz CT molecular complexity index is 1380. The monoisotopic (exact) mass is 514 g/mol. The number of nitrogens with two attached hydrogens (primary N) is 1. The number of nitrogen functional groups attached to an aromatic ring is 1. The van der Waals surface area contributed by atoms with Gasteiger partial charge in [0.2, 0.25) is 5.91 Å². The van der Waals surface area contributed by atoms with E-state index in [-0.39, 0.29) is 30.0 Å². The van der Waals surface area contributed by atoms with Gasteiger partial charge in [0.25, 0.3) is 11.8 Å². The Kier molecular flexibility index (Phi) is 7.60. The number of benzene rings is 3. The fraction of sp³-hybridized carbons (Fsp3) is 0.367. The van der Waals surface area contributed by atoms with Crippen LogP contribution in [0.5, 0.6) is 5.75 Å². The van der Waals surface area contributed by atoms with E-state index in [4.69, 9.17) is 5.73 Å². The van der Waals surface area contributed by atoms with E-state index in [1.54, 1.807) is 18.2 Å². The lowest BCUT2D eigenvalue weighted by Crippen LogP contribution is -2.41. The molecule has 3 aromatic rings. The maximum Gasteiger partial charge on any atom is 0.261 e. The van der Waals surface area contributed by atoms with Crippen molar-refractivity contribution >= 4 is 39.9 Å². The smallest absolute Gasteiger partial charge is 0.261 e. The third-order valence-electron chi connectivity index (χ3n) is 7.55. The van der Waals surface area contributed by atoms with Crippen LogP contribution in [0.3, 0.4) is 0 Å². The van der Waals surface area contributed by atoms with Crippen molar-refractivity contribution in [3.8, 4) is 5.75 Å². The number of nitrogens with zero attached hydrogens (tertiary/aromatic N) is 2.